The fraction of sp³-hybridized carbons (Fsp3) is 0.833. The second kappa shape index (κ2) is 2.91. The van der Waals surface area contributed by atoms with Crippen LogP contribution in [-0.2, 0) is 9.59 Å². The maximum absolute atomic E-state index is 11.8. The summed E-state index contributed by atoms with van der Waals surface area (Å²) in [4.78, 5) is 23.5. The molecule has 0 bridgehead atoms. The molecule has 14 heavy (non-hydrogen) atoms. The Labute approximate surface area is 85.1 Å². The predicted molar refractivity (Wildman–Crippen MR) is 53.9 cm³/mol. The van der Waals surface area contributed by atoms with Gasteiger partial charge in [0.2, 0.25) is 0 Å². The minimum Gasteiger partial charge on any atom is -0.299 e. The van der Waals surface area contributed by atoms with Gasteiger partial charge in [-0.3, -0.25) is 9.59 Å². The summed E-state index contributed by atoms with van der Waals surface area (Å²) in [5.41, 5.74) is -0.204. The molecule has 0 aromatic heterocycles. The third-order valence-corrected chi connectivity index (χ3v) is 4.10. The number of carbonyl (C=O) groups excluding carboxylic acids is 2. The third kappa shape index (κ3) is 1.32. The SMILES string of the molecule is CC1(C)CCC2(CC1)C(=O)CCC2=O. The summed E-state index contributed by atoms with van der Waals surface area (Å²) in [6.07, 6.45) is 4.64. The molecule has 0 aromatic rings. The molecule has 0 saturated heterocycles. The number of rotatable bonds is 0. The maximum Gasteiger partial charge on any atom is 0.146 e. The molecule has 2 fully saturated rings. The number of carbonyl (C=O) groups is 2. The standard InChI is InChI=1S/C12H18O2/c1-11(2)5-7-12(8-6-11)9(13)3-4-10(12)14/h3-8H2,1-2H3. The van der Waals surface area contributed by atoms with Crippen LogP contribution >= 0.6 is 0 Å². The van der Waals surface area contributed by atoms with E-state index in [4.69, 9.17) is 0 Å². The molecule has 2 rings (SSSR count). The van der Waals surface area contributed by atoms with Gasteiger partial charge in [0.25, 0.3) is 0 Å². The molecular formula is C12H18O2. The van der Waals surface area contributed by atoms with E-state index in [1.165, 1.54) is 0 Å². The molecule has 78 valence electrons. The van der Waals surface area contributed by atoms with Crippen LogP contribution in [-0.4, -0.2) is 11.6 Å². The Morgan fingerprint density at radius 3 is 1.71 bits per heavy atom. The lowest BCUT2D eigenvalue weighted by Crippen LogP contribution is -2.39. The van der Waals surface area contributed by atoms with Crippen LogP contribution in [0.5, 0.6) is 0 Å². The highest BCUT2D eigenvalue weighted by atomic mass is 16.2. The van der Waals surface area contributed by atoms with E-state index in [1.54, 1.807) is 0 Å². The van der Waals surface area contributed by atoms with Gasteiger partial charge in [-0.05, 0) is 31.1 Å². The summed E-state index contributed by atoms with van der Waals surface area (Å²) in [7, 11) is 0. The Kier molecular flexibility index (Phi) is 2.06. The summed E-state index contributed by atoms with van der Waals surface area (Å²) in [6, 6.07) is 0. The second-order valence-electron chi connectivity index (χ2n) is 5.59. The summed E-state index contributed by atoms with van der Waals surface area (Å²) in [5, 5.41) is 0. The van der Waals surface area contributed by atoms with Crippen LogP contribution in [0.15, 0.2) is 0 Å². The van der Waals surface area contributed by atoms with Crippen molar-refractivity contribution in [3.63, 3.8) is 0 Å². The molecule has 0 N–H and O–H groups in total. The maximum atomic E-state index is 11.8. The van der Waals surface area contributed by atoms with E-state index in [9.17, 15) is 9.59 Å². The molecule has 0 heterocycles. The average molecular weight is 194 g/mol. The van der Waals surface area contributed by atoms with Crippen LogP contribution in [0, 0.1) is 10.8 Å². The minimum absolute atomic E-state index is 0.220. The van der Waals surface area contributed by atoms with Crippen LogP contribution in [0.2, 0.25) is 0 Å². The summed E-state index contributed by atoms with van der Waals surface area (Å²) >= 11 is 0. The first-order valence-electron chi connectivity index (χ1n) is 5.53. The molecule has 2 saturated carbocycles. The highest BCUT2D eigenvalue weighted by Crippen LogP contribution is 2.49. The monoisotopic (exact) mass is 194 g/mol. The Hall–Kier alpha value is -0.660. The van der Waals surface area contributed by atoms with Gasteiger partial charge >= 0.3 is 0 Å². The molecule has 2 aliphatic rings. The lowest BCUT2D eigenvalue weighted by molar-refractivity contribution is -0.138. The van der Waals surface area contributed by atoms with Gasteiger partial charge in [-0.25, -0.2) is 0 Å². The van der Waals surface area contributed by atoms with Gasteiger partial charge in [0, 0.05) is 12.8 Å². The van der Waals surface area contributed by atoms with Gasteiger partial charge in [-0.2, -0.15) is 0 Å². The zero-order valence-electron chi connectivity index (χ0n) is 9.06. The van der Waals surface area contributed by atoms with Gasteiger partial charge in [0.1, 0.15) is 11.6 Å². The lowest BCUT2D eigenvalue weighted by atomic mass is 9.63. The molecule has 0 aliphatic heterocycles. The molecule has 0 unspecified atom stereocenters. The Bertz CT molecular complexity index is 261. The summed E-state index contributed by atoms with van der Waals surface area (Å²) in [6.45, 7) is 4.45. The molecule has 2 nitrogen and oxygen atoms in total. The third-order valence-electron chi connectivity index (χ3n) is 4.10. The first-order chi connectivity index (χ1) is 6.46. The summed E-state index contributed by atoms with van der Waals surface area (Å²) in [5.74, 6) is 0.441. The van der Waals surface area contributed by atoms with Crippen molar-refractivity contribution in [2.45, 2.75) is 52.4 Å². The molecular weight excluding hydrogens is 176 g/mol. The van der Waals surface area contributed by atoms with Gasteiger partial charge in [0.05, 0.1) is 5.41 Å². The van der Waals surface area contributed by atoms with Crippen LogP contribution in [0.1, 0.15) is 52.4 Å². The van der Waals surface area contributed by atoms with Crippen LogP contribution in [0.25, 0.3) is 0 Å². The highest BCUT2D eigenvalue weighted by molar-refractivity contribution is 6.12. The first kappa shape index (κ1) is 9.88. The Balaban J connectivity index is 2.19. The van der Waals surface area contributed by atoms with Gasteiger partial charge < -0.3 is 0 Å². The minimum atomic E-state index is -0.532. The van der Waals surface area contributed by atoms with Crippen molar-refractivity contribution in [2.75, 3.05) is 0 Å². The van der Waals surface area contributed by atoms with E-state index in [0.717, 1.165) is 25.7 Å². The van der Waals surface area contributed by atoms with E-state index in [0.29, 0.717) is 18.3 Å². The van der Waals surface area contributed by atoms with Crippen LogP contribution in [0.3, 0.4) is 0 Å². The molecule has 2 heteroatoms. The number of Topliss-reactive ketones (excluding diaryl/α,β-unsaturated/α-hetero) is 2. The Morgan fingerprint density at radius 2 is 1.29 bits per heavy atom. The largest absolute Gasteiger partial charge is 0.299 e. The highest BCUT2D eigenvalue weighted by Gasteiger charge is 2.51. The van der Waals surface area contributed by atoms with Crippen molar-refractivity contribution >= 4 is 11.6 Å². The molecule has 2 aliphatic carbocycles. The normalized spacial score (nSPS) is 29.9. The van der Waals surface area contributed by atoms with Crippen molar-refractivity contribution in [3.8, 4) is 0 Å². The second-order valence-corrected chi connectivity index (χ2v) is 5.59. The number of hydrogen-bond acceptors (Lipinski definition) is 2. The zero-order valence-corrected chi connectivity index (χ0v) is 9.06. The molecule has 0 amide bonds. The first-order valence-corrected chi connectivity index (χ1v) is 5.53. The molecule has 0 radical (unpaired) electrons. The average Bonchev–Trinajstić information content (AvgIpc) is 2.39. The quantitative estimate of drug-likeness (QED) is 0.555. The van der Waals surface area contributed by atoms with Crippen molar-refractivity contribution in [3.05, 3.63) is 0 Å². The van der Waals surface area contributed by atoms with Crippen molar-refractivity contribution in [1.29, 1.82) is 0 Å². The van der Waals surface area contributed by atoms with E-state index < -0.39 is 5.41 Å². The lowest BCUT2D eigenvalue weighted by Gasteiger charge is -2.39. The van der Waals surface area contributed by atoms with Gasteiger partial charge in [-0.1, -0.05) is 13.8 Å². The predicted octanol–water partition coefficient (Wildman–Crippen LogP) is 2.51. The molecule has 0 aromatic carbocycles. The van der Waals surface area contributed by atoms with E-state index in [1.807, 2.05) is 0 Å². The van der Waals surface area contributed by atoms with Crippen molar-refractivity contribution < 1.29 is 9.59 Å². The fourth-order valence-corrected chi connectivity index (χ4v) is 2.77. The smallest absolute Gasteiger partial charge is 0.146 e. The van der Waals surface area contributed by atoms with Crippen LogP contribution in [0.4, 0.5) is 0 Å². The topological polar surface area (TPSA) is 34.1 Å². The fourth-order valence-electron chi connectivity index (χ4n) is 2.77. The van der Waals surface area contributed by atoms with Gasteiger partial charge in [0.15, 0.2) is 0 Å². The van der Waals surface area contributed by atoms with Crippen LogP contribution < -0.4 is 0 Å². The zero-order chi connectivity index (χ0) is 10.4. The number of ketones is 2. The van der Waals surface area contributed by atoms with Crippen molar-refractivity contribution in [2.24, 2.45) is 10.8 Å². The van der Waals surface area contributed by atoms with E-state index >= 15 is 0 Å². The van der Waals surface area contributed by atoms with E-state index in [-0.39, 0.29) is 11.6 Å². The molecule has 1 spiro atoms. The van der Waals surface area contributed by atoms with Crippen molar-refractivity contribution in [1.82, 2.24) is 0 Å². The molecule has 0 atom stereocenters. The summed E-state index contributed by atoms with van der Waals surface area (Å²) < 4.78 is 0. The Morgan fingerprint density at radius 1 is 0.857 bits per heavy atom. The van der Waals surface area contributed by atoms with E-state index in [2.05, 4.69) is 13.8 Å². The number of hydrogen-bond donors (Lipinski definition) is 0. The van der Waals surface area contributed by atoms with Gasteiger partial charge in [-0.15, -0.1) is 0 Å².